The maximum absolute atomic E-state index is 10.8. The summed E-state index contributed by atoms with van der Waals surface area (Å²) in [6.45, 7) is 0.505. The van der Waals surface area contributed by atoms with Crippen LogP contribution in [0.1, 0.15) is 5.56 Å². The number of pyridine rings is 2. The molecule has 2 heterocycles. The van der Waals surface area contributed by atoms with E-state index < -0.39 is 4.92 Å². The highest BCUT2D eigenvalue weighted by molar-refractivity contribution is 5.54. The van der Waals surface area contributed by atoms with Gasteiger partial charge in [-0.1, -0.05) is 6.07 Å². The molecule has 2 aromatic heterocycles. The van der Waals surface area contributed by atoms with Gasteiger partial charge in [0.05, 0.1) is 17.1 Å². The predicted octanol–water partition coefficient (Wildman–Crippen LogP) is 2.04. The quantitative estimate of drug-likeness (QED) is 0.630. The fourth-order valence-corrected chi connectivity index (χ4v) is 1.54. The lowest BCUT2D eigenvalue weighted by Crippen LogP contribution is -2.04. The van der Waals surface area contributed by atoms with Crippen LogP contribution in [0.4, 0.5) is 17.3 Å². The standard InChI is InChI=1S/C12H13N5O2/c1-13-11-5-10(17(18)19)6-12(16-11)15-8-9-3-2-4-14-7-9/h2-7H,8H2,1H3,(H2,13,15,16). The fraction of sp³-hybridized carbons (Fsp3) is 0.167. The molecule has 2 rings (SSSR count). The molecule has 98 valence electrons. The van der Waals surface area contributed by atoms with E-state index in [0.29, 0.717) is 18.2 Å². The Morgan fingerprint density at radius 2 is 2.16 bits per heavy atom. The maximum atomic E-state index is 10.8. The van der Waals surface area contributed by atoms with Crippen molar-refractivity contribution in [1.82, 2.24) is 9.97 Å². The lowest BCUT2D eigenvalue weighted by atomic mass is 10.3. The van der Waals surface area contributed by atoms with Crippen molar-refractivity contribution < 1.29 is 4.92 Å². The molecule has 0 saturated carbocycles. The minimum atomic E-state index is -0.447. The van der Waals surface area contributed by atoms with Crippen LogP contribution < -0.4 is 10.6 Å². The third-order valence-electron chi connectivity index (χ3n) is 2.47. The fourth-order valence-electron chi connectivity index (χ4n) is 1.54. The van der Waals surface area contributed by atoms with E-state index in [1.54, 1.807) is 19.4 Å². The lowest BCUT2D eigenvalue weighted by molar-refractivity contribution is -0.384. The Labute approximate surface area is 109 Å². The average Bonchev–Trinajstić information content (AvgIpc) is 2.45. The summed E-state index contributed by atoms with van der Waals surface area (Å²) in [5.41, 5.74) is 0.967. The number of anilines is 2. The van der Waals surface area contributed by atoms with Gasteiger partial charge < -0.3 is 10.6 Å². The van der Waals surface area contributed by atoms with Gasteiger partial charge in [0.1, 0.15) is 11.6 Å². The van der Waals surface area contributed by atoms with Crippen LogP contribution >= 0.6 is 0 Å². The second-order valence-electron chi connectivity index (χ2n) is 3.82. The Bertz CT molecular complexity index is 574. The zero-order valence-electron chi connectivity index (χ0n) is 10.3. The predicted molar refractivity (Wildman–Crippen MR) is 72.0 cm³/mol. The van der Waals surface area contributed by atoms with E-state index in [1.165, 1.54) is 12.1 Å². The maximum Gasteiger partial charge on any atom is 0.276 e. The first-order valence-corrected chi connectivity index (χ1v) is 5.66. The largest absolute Gasteiger partial charge is 0.373 e. The molecule has 0 amide bonds. The highest BCUT2D eigenvalue weighted by atomic mass is 16.6. The van der Waals surface area contributed by atoms with Crippen molar-refractivity contribution in [3.05, 3.63) is 52.3 Å². The van der Waals surface area contributed by atoms with Gasteiger partial charge in [-0.25, -0.2) is 4.98 Å². The smallest absolute Gasteiger partial charge is 0.276 e. The third kappa shape index (κ3) is 3.38. The lowest BCUT2D eigenvalue weighted by Gasteiger charge is -2.07. The van der Waals surface area contributed by atoms with Crippen LogP contribution in [0, 0.1) is 10.1 Å². The van der Waals surface area contributed by atoms with Crippen molar-refractivity contribution >= 4 is 17.3 Å². The Morgan fingerprint density at radius 1 is 1.37 bits per heavy atom. The van der Waals surface area contributed by atoms with E-state index in [9.17, 15) is 10.1 Å². The number of nitro groups is 1. The van der Waals surface area contributed by atoms with Crippen LogP contribution in [0.3, 0.4) is 0 Å². The minimum Gasteiger partial charge on any atom is -0.373 e. The molecule has 0 aliphatic carbocycles. The second kappa shape index (κ2) is 5.76. The van der Waals surface area contributed by atoms with Gasteiger partial charge in [0.2, 0.25) is 0 Å². The number of nitrogens with one attached hydrogen (secondary N) is 2. The number of aromatic nitrogens is 2. The molecule has 0 aromatic carbocycles. The molecule has 2 N–H and O–H groups in total. The van der Waals surface area contributed by atoms with Gasteiger partial charge in [-0.2, -0.15) is 0 Å². The number of nitrogens with zero attached hydrogens (tertiary/aromatic N) is 3. The number of rotatable bonds is 5. The molecule has 0 radical (unpaired) electrons. The summed E-state index contributed by atoms with van der Waals surface area (Å²) < 4.78 is 0. The molecule has 0 aliphatic rings. The van der Waals surface area contributed by atoms with Crippen LogP contribution in [0.5, 0.6) is 0 Å². The molecule has 7 heteroatoms. The Kier molecular flexibility index (Phi) is 3.87. The summed E-state index contributed by atoms with van der Waals surface area (Å²) >= 11 is 0. The first-order valence-electron chi connectivity index (χ1n) is 5.66. The molecule has 0 fully saturated rings. The van der Waals surface area contributed by atoms with E-state index >= 15 is 0 Å². The Balaban J connectivity index is 2.15. The van der Waals surface area contributed by atoms with Crippen LogP contribution in [-0.2, 0) is 6.54 Å². The molecule has 0 saturated heterocycles. The van der Waals surface area contributed by atoms with Crippen molar-refractivity contribution in [2.45, 2.75) is 6.54 Å². The molecular weight excluding hydrogens is 246 g/mol. The van der Waals surface area contributed by atoms with E-state index in [2.05, 4.69) is 20.6 Å². The molecule has 0 unspecified atom stereocenters. The topological polar surface area (TPSA) is 93.0 Å². The van der Waals surface area contributed by atoms with Gasteiger partial charge in [-0.05, 0) is 11.6 Å². The number of hydrogen-bond acceptors (Lipinski definition) is 6. The minimum absolute atomic E-state index is 0.00645. The van der Waals surface area contributed by atoms with Crippen molar-refractivity contribution in [2.75, 3.05) is 17.7 Å². The van der Waals surface area contributed by atoms with Crippen molar-refractivity contribution in [3.63, 3.8) is 0 Å². The van der Waals surface area contributed by atoms with Crippen LogP contribution in [0.15, 0.2) is 36.7 Å². The van der Waals surface area contributed by atoms with Crippen LogP contribution in [0.25, 0.3) is 0 Å². The molecule has 0 spiro atoms. The summed E-state index contributed by atoms with van der Waals surface area (Å²) in [5, 5.41) is 16.6. The molecule has 0 atom stereocenters. The first kappa shape index (κ1) is 12.7. The Hall–Kier alpha value is -2.70. The molecular formula is C12H13N5O2. The Morgan fingerprint density at radius 3 is 2.79 bits per heavy atom. The summed E-state index contributed by atoms with van der Waals surface area (Å²) in [7, 11) is 1.66. The second-order valence-corrected chi connectivity index (χ2v) is 3.82. The monoisotopic (exact) mass is 259 g/mol. The molecule has 7 nitrogen and oxygen atoms in total. The van der Waals surface area contributed by atoms with Gasteiger partial charge in [0.25, 0.3) is 5.69 Å². The SMILES string of the molecule is CNc1cc([N+](=O)[O-])cc(NCc2cccnc2)n1. The van der Waals surface area contributed by atoms with Gasteiger partial charge in [0, 0.05) is 26.0 Å². The normalized spacial score (nSPS) is 9.95. The summed E-state index contributed by atoms with van der Waals surface area (Å²) in [6.07, 6.45) is 3.41. The summed E-state index contributed by atoms with van der Waals surface area (Å²) in [5.74, 6) is 0.894. The van der Waals surface area contributed by atoms with Crippen molar-refractivity contribution in [3.8, 4) is 0 Å². The van der Waals surface area contributed by atoms with E-state index in [1.807, 2.05) is 12.1 Å². The summed E-state index contributed by atoms with van der Waals surface area (Å²) in [4.78, 5) is 18.6. The summed E-state index contributed by atoms with van der Waals surface area (Å²) in [6, 6.07) is 6.53. The van der Waals surface area contributed by atoms with E-state index in [0.717, 1.165) is 5.56 Å². The van der Waals surface area contributed by atoms with Crippen LogP contribution in [-0.4, -0.2) is 21.9 Å². The first-order chi connectivity index (χ1) is 9.19. The third-order valence-corrected chi connectivity index (χ3v) is 2.47. The number of hydrogen-bond donors (Lipinski definition) is 2. The zero-order valence-corrected chi connectivity index (χ0v) is 10.3. The zero-order chi connectivity index (χ0) is 13.7. The van der Waals surface area contributed by atoms with Gasteiger partial charge >= 0.3 is 0 Å². The molecule has 0 aliphatic heterocycles. The highest BCUT2D eigenvalue weighted by Crippen LogP contribution is 2.20. The van der Waals surface area contributed by atoms with Gasteiger partial charge in [-0.15, -0.1) is 0 Å². The van der Waals surface area contributed by atoms with E-state index in [4.69, 9.17) is 0 Å². The van der Waals surface area contributed by atoms with Crippen molar-refractivity contribution in [2.24, 2.45) is 0 Å². The molecule has 2 aromatic rings. The molecule has 19 heavy (non-hydrogen) atoms. The van der Waals surface area contributed by atoms with E-state index in [-0.39, 0.29) is 5.69 Å². The molecule has 0 bridgehead atoms. The highest BCUT2D eigenvalue weighted by Gasteiger charge is 2.10. The van der Waals surface area contributed by atoms with Gasteiger partial charge in [0.15, 0.2) is 0 Å². The van der Waals surface area contributed by atoms with Gasteiger partial charge in [-0.3, -0.25) is 15.1 Å². The van der Waals surface area contributed by atoms with Crippen LogP contribution in [0.2, 0.25) is 0 Å². The average molecular weight is 259 g/mol. The van der Waals surface area contributed by atoms with Crippen molar-refractivity contribution in [1.29, 1.82) is 0 Å².